The number of hydrogen-bond donors (Lipinski definition) is 0. The first-order valence-electron chi connectivity index (χ1n) is 7.05. The van der Waals surface area contributed by atoms with Crippen LogP contribution in [0.4, 0.5) is 0 Å². The van der Waals surface area contributed by atoms with Gasteiger partial charge < -0.3 is 9.64 Å². The number of carbonyl (C=O) groups excluding carboxylic acids is 1. The summed E-state index contributed by atoms with van der Waals surface area (Å²) < 4.78 is 5.36. The molecule has 110 valence electrons. The Kier molecular flexibility index (Phi) is 5.83. The Morgan fingerprint density at radius 1 is 1.30 bits per heavy atom. The summed E-state index contributed by atoms with van der Waals surface area (Å²) in [6.45, 7) is 7.79. The number of ether oxygens (including phenoxy) is 1. The summed E-state index contributed by atoms with van der Waals surface area (Å²) in [7, 11) is 0. The quantitative estimate of drug-likeness (QED) is 0.781. The van der Waals surface area contributed by atoms with Crippen LogP contribution in [0, 0.1) is 0 Å². The molecule has 0 N–H and O–H groups in total. The van der Waals surface area contributed by atoms with E-state index in [9.17, 15) is 4.79 Å². The summed E-state index contributed by atoms with van der Waals surface area (Å²) in [6.07, 6.45) is 0. The Morgan fingerprint density at radius 3 is 2.70 bits per heavy atom. The molecule has 0 saturated carbocycles. The van der Waals surface area contributed by atoms with Crippen molar-refractivity contribution in [3.05, 3.63) is 34.9 Å². The Labute approximate surface area is 125 Å². The molecule has 1 aromatic rings. The SMILES string of the molecule is CCOCCN1CCN(C(=O)c2cccc(Cl)c2)CC1. The van der Waals surface area contributed by atoms with Crippen LogP contribution in [-0.2, 0) is 4.74 Å². The number of benzene rings is 1. The van der Waals surface area contributed by atoms with Crippen molar-refractivity contribution >= 4 is 17.5 Å². The highest BCUT2D eigenvalue weighted by Crippen LogP contribution is 2.14. The molecule has 0 aliphatic carbocycles. The maximum absolute atomic E-state index is 12.3. The molecule has 0 unspecified atom stereocenters. The van der Waals surface area contributed by atoms with Crippen molar-refractivity contribution in [2.45, 2.75) is 6.92 Å². The van der Waals surface area contributed by atoms with Crippen molar-refractivity contribution < 1.29 is 9.53 Å². The van der Waals surface area contributed by atoms with Crippen LogP contribution in [0.3, 0.4) is 0 Å². The van der Waals surface area contributed by atoms with E-state index in [1.807, 2.05) is 24.0 Å². The van der Waals surface area contributed by atoms with Gasteiger partial charge in [-0.2, -0.15) is 0 Å². The summed E-state index contributed by atoms with van der Waals surface area (Å²) in [6, 6.07) is 7.14. The fourth-order valence-electron chi connectivity index (χ4n) is 2.32. The number of rotatable bonds is 5. The normalized spacial score (nSPS) is 16.4. The van der Waals surface area contributed by atoms with E-state index in [2.05, 4.69) is 4.90 Å². The van der Waals surface area contributed by atoms with Gasteiger partial charge in [0.25, 0.3) is 5.91 Å². The lowest BCUT2D eigenvalue weighted by molar-refractivity contribution is 0.0565. The fraction of sp³-hybridized carbons (Fsp3) is 0.533. The van der Waals surface area contributed by atoms with E-state index in [-0.39, 0.29) is 5.91 Å². The summed E-state index contributed by atoms with van der Waals surface area (Å²) >= 11 is 5.93. The first-order chi connectivity index (χ1) is 9.70. The molecule has 4 nitrogen and oxygen atoms in total. The zero-order valence-electron chi connectivity index (χ0n) is 11.8. The van der Waals surface area contributed by atoms with Gasteiger partial charge in [-0.25, -0.2) is 0 Å². The van der Waals surface area contributed by atoms with Crippen LogP contribution in [-0.4, -0.2) is 61.6 Å². The molecule has 20 heavy (non-hydrogen) atoms. The molecule has 0 aromatic heterocycles. The largest absolute Gasteiger partial charge is 0.380 e. The van der Waals surface area contributed by atoms with Crippen molar-refractivity contribution in [1.29, 1.82) is 0 Å². The first-order valence-corrected chi connectivity index (χ1v) is 7.43. The molecule has 1 amide bonds. The zero-order valence-corrected chi connectivity index (χ0v) is 12.6. The van der Waals surface area contributed by atoms with Crippen LogP contribution in [0.25, 0.3) is 0 Å². The monoisotopic (exact) mass is 296 g/mol. The minimum atomic E-state index is 0.0666. The second-order valence-electron chi connectivity index (χ2n) is 4.84. The van der Waals surface area contributed by atoms with Gasteiger partial charge >= 0.3 is 0 Å². The molecule has 1 aromatic carbocycles. The smallest absolute Gasteiger partial charge is 0.253 e. The van der Waals surface area contributed by atoms with Crippen LogP contribution in [0.5, 0.6) is 0 Å². The molecule has 5 heteroatoms. The van der Waals surface area contributed by atoms with E-state index in [1.54, 1.807) is 12.1 Å². The first kappa shape index (κ1) is 15.3. The van der Waals surface area contributed by atoms with Gasteiger partial charge in [0.1, 0.15) is 0 Å². The van der Waals surface area contributed by atoms with E-state index in [4.69, 9.17) is 16.3 Å². The topological polar surface area (TPSA) is 32.8 Å². The molecule has 1 aliphatic heterocycles. The number of amides is 1. The third kappa shape index (κ3) is 4.20. The molecule has 0 atom stereocenters. The van der Waals surface area contributed by atoms with Crippen LogP contribution in [0.15, 0.2) is 24.3 Å². The standard InChI is InChI=1S/C15H21ClN2O2/c1-2-20-11-10-17-6-8-18(9-7-17)15(19)13-4-3-5-14(16)12-13/h3-5,12H,2,6-11H2,1H3. The molecule has 1 fully saturated rings. The van der Waals surface area contributed by atoms with Gasteiger partial charge in [-0.3, -0.25) is 9.69 Å². The van der Waals surface area contributed by atoms with Gasteiger partial charge in [0, 0.05) is 49.9 Å². The van der Waals surface area contributed by atoms with Crippen molar-refractivity contribution in [2.75, 3.05) is 45.9 Å². The van der Waals surface area contributed by atoms with Gasteiger partial charge in [0.05, 0.1) is 6.61 Å². The Bertz CT molecular complexity index is 445. The maximum atomic E-state index is 12.3. The minimum Gasteiger partial charge on any atom is -0.380 e. The van der Waals surface area contributed by atoms with Crippen molar-refractivity contribution in [3.63, 3.8) is 0 Å². The summed E-state index contributed by atoms with van der Waals surface area (Å²) in [5, 5.41) is 0.603. The van der Waals surface area contributed by atoms with Crippen molar-refractivity contribution in [1.82, 2.24) is 9.80 Å². The second-order valence-corrected chi connectivity index (χ2v) is 5.28. The van der Waals surface area contributed by atoms with Crippen LogP contribution in [0.1, 0.15) is 17.3 Å². The number of piperazine rings is 1. The average molecular weight is 297 g/mol. The van der Waals surface area contributed by atoms with Gasteiger partial charge in [-0.05, 0) is 25.1 Å². The van der Waals surface area contributed by atoms with E-state index >= 15 is 0 Å². The third-order valence-corrected chi connectivity index (χ3v) is 3.72. The molecule has 1 saturated heterocycles. The Hall–Kier alpha value is -1.10. The lowest BCUT2D eigenvalue weighted by atomic mass is 10.2. The molecule has 1 aliphatic rings. The molecular formula is C15H21ClN2O2. The van der Waals surface area contributed by atoms with E-state index in [1.165, 1.54) is 0 Å². The fourth-order valence-corrected chi connectivity index (χ4v) is 2.51. The van der Waals surface area contributed by atoms with Gasteiger partial charge in [0.2, 0.25) is 0 Å². The zero-order chi connectivity index (χ0) is 14.4. The number of halogens is 1. The highest BCUT2D eigenvalue weighted by molar-refractivity contribution is 6.30. The minimum absolute atomic E-state index is 0.0666. The Balaban J connectivity index is 1.83. The van der Waals surface area contributed by atoms with Gasteiger partial charge in [0.15, 0.2) is 0 Å². The van der Waals surface area contributed by atoms with Crippen LogP contribution in [0.2, 0.25) is 5.02 Å². The summed E-state index contributed by atoms with van der Waals surface area (Å²) in [5.74, 6) is 0.0666. The van der Waals surface area contributed by atoms with Gasteiger partial charge in [-0.1, -0.05) is 17.7 Å². The highest BCUT2D eigenvalue weighted by Gasteiger charge is 2.21. The van der Waals surface area contributed by atoms with Gasteiger partial charge in [-0.15, -0.1) is 0 Å². The number of carbonyl (C=O) groups is 1. The number of hydrogen-bond acceptors (Lipinski definition) is 3. The van der Waals surface area contributed by atoms with Crippen LogP contribution < -0.4 is 0 Å². The lowest BCUT2D eigenvalue weighted by Crippen LogP contribution is -2.49. The van der Waals surface area contributed by atoms with Crippen molar-refractivity contribution in [3.8, 4) is 0 Å². The third-order valence-electron chi connectivity index (χ3n) is 3.49. The molecular weight excluding hydrogens is 276 g/mol. The molecule has 2 rings (SSSR count). The Morgan fingerprint density at radius 2 is 2.05 bits per heavy atom. The predicted molar refractivity (Wildman–Crippen MR) is 80.3 cm³/mol. The predicted octanol–water partition coefficient (Wildman–Crippen LogP) is 2.13. The van der Waals surface area contributed by atoms with E-state index in [0.717, 1.165) is 45.9 Å². The lowest BCUT2D eigenvalue weighted by Gasteiger charge is -2.34. The number of nitrogens with zero attached hydrogens (tertiary/aromatic N) is 2. The molecule has 0 bridgehead atoms. The summed E-state index contributed by atoms with van der Waals surface area (Å²) in [5.41, 5.74) is 0.667. The highest BCUT2D eigenvalue weighted by atomic mass is 35.5. The molecule has 0 radical (unpaired) electrons. The van der Waals surface area contributed by atoms with Crippen LogP contribution >= 0.6 is 11.6 Å². The second kappa shape index (κ2) is 7.62. The summed E-state index contributed by atoms with van der Waals surface area (Å²) in [4.78, 5) is 16.6. The molecule has 0 spiro atoms. The van der Waals surface area contributed by atoms with E-state index in [0.29, 0.717) is 10.6 Å². The molecule has 1 heterocycles. The van der Waals surface area contributed by atoms with E-state index < -0.39 is 0 Å². The maximum Gasteiger partial charge on any atom is 0.253 e. The van der Waals surface area contributed by atoms with Crippen molar-refractivity contribution in [2.24, 2.45) is 0 Å². The average Bonchev–Trinajstić information content (AvgIpc) is 2.47.